The summed E-state index contributed by atoms with van der Waals surface area (Å²) in [4.78, 5) is 23.2. The summed E-state index contributed by atoms with van der Waals surface area (Å²) in [6.07, 6.45) is 3.37. The van der Waals surface area contributed by atoms with E-state index >= 15 is 0 Å². The van der Waals surface area contributed by atoms with Crippen molar-refractivity contribution >= 4 is 11.7 Å². The topological polar surface area (TPSA) is 83.6 Å². The minimum absolute atomic E-state index is 0.122. The highest BCUT2D eigenvalue weighted by Gasteiger charge is 2.21. The number of phenolic OH excluding ortho intramolecular Hbond substituents is 1. The van der Waals surface area contributed by atoms with Crippen LogP contribution in [-0.4, -0.2) is 42.0 Å². The molecule has 2 aromatic heterocycles. The molecule has 0 aliphatic carbocycles. The van der Waals surface area contributed by atoms with E-state index in [0.29, 0.717) is 25.2 Å². The third kappa shape index (κ3) is 2.89. The first-order valence-electron chi connectivity index (χ1n) is 8.77. The molecule has 1 aliphatic heterocycles. The Morgan fingerprint density at radius 1 is 1.27 bits per heavy atom. The van der Waals surface area contributed by atoms with E-state index in [-0.39, 0.29) is 11.7 Å². The second-order valence-corrected chi connectivity index (χ2v) is 6.75. The van der Waals surface area contributed by atoms with Gasteiger partial charge in [-0.2, -0.15) is 10.1 Å². The number of aromatic nitrogens is 4. The predicted molar refractivity (Wildman–Crippen MR) is 95.8 cm³/mol. The van der Waals surface area contributed by atoms with Gasteiger partial charge < -0.3 is 10.0 Å². The van der Waals surface area contributed by atoms with Gasteiger partial charge in [0.05, 0.1) is 0 Å². The zero-order valence-corrected chi connectivity index (χ0v) is 14.9. The van der Waals surface area contributed by atoms with Crippen LogP contribution in [0.25, 0.3) is 5.78 Å². The summed E-state index contributed by atoms with van der Waals surface area (Å²) >= 11 is 0. The molecule has 0 spiro atoms. The lowest BCUT2D eigenvalue weighted by Crippen LogP contribution is -2.36. The molecule has 7 nitrogen and oxygen atoms in total. The van der Waals surface area contributed by atoms with E-state index in [9.17, 15) is 9.90 Å². The number of benzene rings is 1. The Balaban J connectivity index is 1.48. The number of nitrogens with zero attached hydrogens (tertiary/aromatic N) is 5. The van der Waals surface area contributed by atoms with Crippen LogP contribution in [0.1, 0.15) is 34.5 Å². The molecule has 7 heteroatoms. The molecule has 26 heavy (non-hydrogen) atoms. The zero-order valence-electron chi connectivity index (χ0n) is 14.9. The average Bonchev–Trinajstić information content (AvgIpc) is 3.09. The monoisotopic (exact) mass is 351 g/mol. The van der Waals surface area contributed by atoms with Crippen molar-refractivity contribution in [3.05, 3.63) is 52.6 Å². The number of hydrogen-bond acceptors (Lipinski definition) is 5. The molecule has 4 rings (SSSR count). The van der Waals surface area contributed by atoms with E-state index in [0.717, 1.165) is 35.5 Å². The number of hydrogen-bond donors (Lipinski definition) is 1. The lowest BCUT2D eigenvalue weighted by Gasteiger charge is -2.29. The number of carbonyl (C=O) groups excluding carboxylic acids is 1. The maximum Gasteiger partial charge on any atom is 0.252 e. The minimum atomic E-state index is 0.122. The summed E-state index contributed by atoms with van der Waals surface area (Å²) in [5, 5.41) is 13.9. The van der Waals surface area contributed by atoms with Gasteiger partial charge in [-0.3, -0.25) is 4.79 Å². The third-order valence-corrected chi connectivity index (χ3v) is 5.13. The molecule has 0 saturated heterocycles. The van der Waals surface area contributed by atoms with Crippen LogP contribution in [0.5, 0.6) is 5.75 Å². The minimum Gasteiger partial charge on any atom is -0.508 e. The van der Waals surface area contributed by atoms with Gasteiger partial charge in [-0.15, -0.1) is 0 Å². The summed E-state index contributed by atoms with van der Waals surface area (Å²) in [6, 6.07) is 5.40. The highest BCUT2D eigenvalue weighted by Crippen LogP contribution is 2.24. The van der Waals surface area contributed by atoms with Crippen LogP contribution in [-0.2, 0) is 24.2 Å². The normalized spacial score (nSPS) is 13.8. The largest absolute Gasteiger partial charge is 0.508 e. The Hall–Kier alpha value is -2.96. The van der Waals surface area contributed by atoms with Crippen molar-refractivity contribution < 1.29 is 9.90 Å². The Morgan fingerprint density at radius 3 is 2.96 bits per heavy atom. The molecule has 1 amide bonds. The fourth-order valence-corrected chi connectivity index (χ4v) is 3.66. The van der Waals surface area contributed by atoms with Crippen molar-refractivity contribution in [1.82, 2.24) is 24.5 Å². The van der Waals surface area contributed by atoms with Crippen molar-refractivity contribution in [2.75, 3.05) is 6.54 Å². The van der Waals surface area contributed by atoms with Gasteiger partial charge >= 0.3 is 0 Å². The van der Waals surface area contributed by atoms with Gasteiger partial charge in [0.2, 0.25) is 5.91 Å². The predicted octanol–water partition coefficient (Wildman–Crippen LogP) is 1.96. The van der Waals surface area contributed by atoms with Crippen LogP contribution in [0.15, 0.2) is 24.5 Å². The number of rotatable bonds is 3. The van der Waals surface area contributed by atoms with Crippen molar-refractivity contribution in [3.63, 3.8) is 0 Å². The summed E-state index contributed by atoms with van der Waals surface area (Å²) < 4.78 is 1.72. The van der Waals surface area contributed by atoms with Gasteiger partial charge in [0.15, 0.2) is 0 Å². The third-order valence-electron chi connectivity index (χ3n) is 5.13. The number of carbonyl (C=O) groups is 1. The highest BCUT2D eigenvalue weighted by atomic mass is 16.3. The number of aryl methyl sites for hydroxylation is 2. The molecule has 134 valence electrons. The van der Waals surface area contributed by atoms with E-state index in [1.807, 2.05) is 24.8 Å². The molecular weight excluding hydrogens is 330 g/mol. The smallest absolute Gasteiger partial charge is 0.252 e. The van der Waals surface area contributed by atoms with Crippen molar-refractivity contribution in [2.24, 2.45) is 0 Å². The first-order valence-corrected chi connectivity index (χ1v) is 8.77. The van der Waals surface area contributed by atoms with Crippen molar-refractivity contribution in [2.45, 2.75) is 39.7 Å². The molecule has 0 fully saturated rings. The van der Waals surface area contributed by atoms with Gasteiger partial charge in [-0.25, -0.2) is 9.50 Å². The molecule has 0 radical (unpaired) electrons. The van der Waals surface area contributed by atoms with Crippen LogP contribution in [0, 0.1) is 13.8 Å². The molecule has 0 atom stereocenters. The summed E-state index contributed by atoms with van der Waals surface area (Å²) in [5.74, 6) is 0.954. The quantitative estimate of drug-likeness (QED) is 0.780. The van der Waals surface area contributed by atoms with Gasteiger partial charge in [0, 0.05) is 30.9 Å². The Bertz CT molecular complexity index is 995. The van der Waals surface area contributed by atoms with Gasteiger partial charge in [-0.1, -0.05) is 6.07 Å². The van der Waals surface area contributed by atoms with Crippen LogP contribution in [0.4, 0.5) is 0 Å². The SMILES string of the molecule is Cc1nc2ncnn2c(C)c1CCC(=O)N1CCc2ccc(O)cc2C1. The van der Waals surface area contributed by atoms with Crippen molar-refractivity contribution in [3.8, 4) is 5.75 Å². The second kappa shape index (κ2) is 6.40. The van der Waals surface area contributed by atoms with Crippen LogP contribution in [0.3, 0.4) is 0 Å². The molecule has 0 bridgehead atoms. The molecule has 3 aromatic rings. The number of fused-ring (bicyclic) bond motifs is 2. The highest BCUT2D eigenvalue weighted by molar-refractivity contribution is 5.77. The maximum absolute atomic E-state index is 12.7. The molecule has 1 aromatic carbocycles. The van der Waals surface area contributed by atoms with E-state index in [1.165, 1.54) is 11.9 Å². The molecule has 1 N–H and O–H groups in total. The lowest BCUT2D eigenvalue weighted by atomic mass is 9.98. The van der Waals surface area contributed by atoms with E-state index in [2.05, 4.69) is 15.1 Å². The lowest BCUT2D eigenvalue weighted by molar-refractivity contribution is -0.132. The molecule has 0 saturated carbocycles. The number of phenols is 1. The molecule has 3 heterocycles. The molecule has 1 aliphatic rings. The number of amides is 1. The second-order valence-electron chi connectivity index (χ2n) is 6.75. The maximum atomic E-state index is 12.7. The van der Waals surface area contributed by atoms with E-state index in [4.69, 9.17) is 0 Å². The average molecular weight is 351 g/mol. The Morgan fingerprint density at radius 2 is 2.12 bits per heavy atom. The fourth-order valence-electron chi connectivity index (χ4n) is 3.66. The fraction of sp³-hybridized carbons (Fsp3) is 0.368. The summed E-state index contributed by atoms with van der Waals surface area (Å²) in [5.41, 5.74) is 5.16. The number of aromatic hydroxyl groups is 1. The molecule has 0 unspecified atom stereocenters. The van der Waals surface area contributed by atoms with Crippen LogP contribution in [0.2, 0.25) is 0 Å². The van der Waals surface area contributed by atoms with Crippen LogP contribution >= 0.6 is 0 Å². The molecular formula is C19H21N5O2. The Labute approximate surface area is 151 Å². The van der Waals surface area contributed by atoms with E-state index in [1.54, 1.807) is 16.6 Å². The van der Waals surface area contributed by atoms with Gasteiger partial charge in [0.25, 0.3) is 5.78 Å². The summed E-state index contributed by atoms with van der Waals surface area (Å²) in [7, 11) is 0. The zero-order chi connectivity index (χ0) is 18.3. The van der Waals surface area contributed by atoms with Gasteiger partial charge in [0.1, 0.15) is 12.1 Å². The first-order chi connectivity index (χ1) is 12.5. The van der Waals surface area contributed by atoms with Gasteiger partial charge in [-0.05, 0) is 55.5 Å². The van der Waals surface area contributed by atoms with Crippen molar-refractivity contribution in [1.29, 1.82) is 0 Å². The first kappa shape index (κ1) is 16.5. The van der Waals surface area contributed by atoms with Crippen LogP contribution < -0.4 is 0 Å². The Kier molecular flexibility index (Phi) is 4.06. The summed E-state index contributed by atoms with van der Waals surface area (Å²) in [6.45, 7) is 5.20. The standard InChI is InChI=1S/C19H21N5O2/c1-12-17(13(2)24-19(22-12)20-11-21-24)5-6-18(26)23-8-7-14-3-4-16(25)9-15(14)10-23/h3-4,9,11,25H,5-8,10H2,1-2H3. The van der Waals surface area contributed by atoms with E-state index < -0.39 is 0 Å².